The van der Waals surface area contributed by atoms with Crippen LogP contribution in [0.5, 0.6) is 0 Å². The lowest BCUT2D eigenvalue weighted by Gasteiger charge is -2.19. The van der Waals surface area contributed by atoms with Gasteiger partial charge < -0.3 is 5.32 Å². The van der Waals surface area contributed by atoms with Crippen LogP contribution in [0.1, 0.15) is 35.7 Å². The summed E-state index contributed by atoms with van der Waals surface area (Å²) in [7, 11) is 0. The molecule has 2 aliphatic rings. The number of amides is 3. The molecule has 2 aromatic rings. The van der Waals surface area contributed by atoms with Crippen LogP contribution in [0.25, 0.3) is 0 Å². The largest absolute Gasteiger partial charge is 0.322 e. The Hall–Kier alpha value is -2.48. The molecule has 6 heteroatoms. The zero-order valence-electron chi connectivity index (χ0n) is 16.2. The summed E-state index contributed by atoms with van der Waals surface area (Å²) in [6.07, 6.45) is 3.21. The molecule has 0 unspecified atom stereocenters. The van der Waals surface area contributed by atoms with Gasteiger partial charge in [-0.25, -0.2) is 4.90 Å². The number of hydrogen-bond donors (Lipinski definition) is 1. The molecule has 29 heavy (non-hydrogen) atoms. The highest BCUT2D eigenvalue weighted by atomic mass is 127. The van der Waals surface area contributed by atoms with Gasteiger partial charge in [-0.3, -0.25) is 14.4 Å². The van der Waals surface area contributed by atoms with Gasteiger partial charge in [-0.2, -0.15) is 0 Å². The lowest BCUT2D eigenvalue weighted by Crippen LogP contribution is -2.33. The van der Waals surface area contributed by atoms with E-state index >= 15 is 0 Å². The van der Waals surface area contributed by atoms with Crippen LogP contribution in [0.3, 0.4) is 0 Å². The third-order valence-corrected chi connectivity index (χ3v) is 6.32. The van der Waals surface area contributed by atoms with Gasteiger partial charge in [0.15, 0.2) is 0 Å². The van der Waals surface area contributed by atoms with Gasteiger partial charge >= 0.3 is 0 Å². The number of halogens is 1. The number of para-hydroxylation sites is 1. The maximum Gasteiger partial charge on any atom is 0.257 e. The minimum absolute atomic E-state index is 0.210. The number of benzene rings is 2. The molecule has 1 N–H and O–H groups in total. The molecule has 1 fully saturated rings. The van der Waals surface area contributed by atoms with Crippen molar-refractivity contribution in [3.05, 3.63) is 68.8 Å². The Bertz CT molecular complexity index is 1060. The fourth-order valence-electron chi connectivity index (χ4n) is 4.09. The molecule has 0 radical (unpaired) electrons. The number of nitrogens with one attached hydrogen (secondary N) is 1. The molecule has 0 bridgehead atoms. The number of carbonyl (C=O) groups excluding carboxylic acids is 3. The summed E-state index contributed by atoms with van der Waals surface area (Å²) in [4.78, 5) is 40.3. The van der Waals surface area contributed by atoms with Crippen molar-refractivity contribution in [3.63, 3.8) is 0 Å². The molecule has 148 valence electrons. The van der Waals surface area contributed by atoms with Crippen LogP contribution < -0.4 is 10.2 Å². The highest BCUT2D eigenvalue weighted by Crippen LogP contribution is 2.40. The molecule has 0 aromatic heterocycles. The Morgan fingerprint density at radius 3 is 2.55 bits per heavy atom. The topological polar surface area (TPSA) is 66.5 Å². The van der Waals surface area contributed by atoms with Crippen molar-refractivity contribution >= 4 is 51.7 Å². The lowest BCUT2D eigenvalue weighted by molar-refractivity contribution is -0.122. The molecular weight excluding hydrogens is 479 g/mol. The molecule has 2 aromatic carbocycles. The number of carbonyl (C=O) groups is 3. The SMILES string of the molecule is CC1=CC[C@@H]2C(=O)N(c3ccccc3C(=O)Nc3ccc(I)cc3C)C(=O)[C@@H]2C1. The van der Waals surface area contributed by atoms with Crippen molar-refractivity contribution in [3.8, 4) is 0 Å². The Labute approximate surface area is 183 Å². The van der Waals surface area contributed by atoms with Crippen LogP contribution in [0.15, 0.2) is 54.1 Å². The third kappa shape index (κ3) is 3.61. The zero-order valence-corrected chi connectivity index (χ0v) is 18.4. The Kier molecular flexibility index (Phi) is 5.29. The van der Waals surface area contributed by atoms with Gasteiger partial charge in [0.25, 0.3) is 5.91 Å². The molecule has 5 nitrogen and oxygen atoms in total. The van der Waals surface area contributed by atoms with Gasteiger partial charge in [0.1, 0.15) is 0 Å². The zero-order chi connectivity index (χ0) is 20.7. The summed E-state index contributed by atoms with van der Waals surface area (Å²) in [6.45, 7) is 3.92. The number of imide groups is 1. The van der Waals surface area contributed by atoms with Crippen LogP contribution in [0, 0.1) is 22.3 Å². The minimum atomic E-state index is -0.338. The van der Waals surface area contributed by atoms with Gasteiger partial charge in [-0.05, 0) is 85.2 Å². The maximum absolute atomic E-state index is 13.1. The molecule has 3 amide bonds. The first-order valence-corrected chi connectivity index (χ1v) is 10.6. The van der Waals surface area contributed by atoms with Crippen molar-refractivity contribution < 1.29 is 14.4 Å². The summed E-state index contributed by atoms with van der Waals surface area (Å²) in [5, 5.41) is 2.92. The van der Waals surface area contributed by atoms with Gasteiger partial charge in [0.05, 0.1) is 23.1 Å². The number of rotatable bonds is 3. The fourth-order valence-corrected chi connectivity index (χ4v) is 4.74. The Morgan fingerprint density at radius 2 is 1.79 bits per heavy atom. The summed E-state index contributed by atoms with van der Waals surface area (Å²) < 4.78 is 1.08. The standard InChI is InChI=1S/C23H21IN2O3/c1-13-7-9-16-18(11-13)23(29)26(22(16)28)20-6-4-3-5-17(20)21(27)25-19-10-8-15(24)12-14(19)2/h3-8,10,12,16,18H,9,11H2,1-2H3,(H,25,27)/t16-,18+/m0/s1. The average molecular weight is 500 g/mol. The molecular formula is C23H21IN2O3. The van der Waals surface area contributed by atoms with E-state index < -0.39 is 0 Å². The molecule has 0 spiro atoms. The number of allylic oxidation sites excluding steroid dienone is 2. The van der Waals surface area contributed by atoms with E-state index in [1.54, 1.807) is 24.3 Å². The monoisotopic (exact) mass is 500 g/mol. The molecule has 2 atom stereocenters. The number of anilines is 2. The normalized spacial score (nSPS) is 21.1. The Balaban J connectivity index is 1.66. The molecule has 1 aliphatic heterocycles. The molecule has 4 rings (SSSR count). The average Bonchev–Trinajstić information content (AvgIpc) is 2.94. The van der Waals surface area contributed by atoms with Crippen LogP contribution in [0.4, 0.5) is 11.4 Å². The highest BCUT2D eigenvalue weighted by molar-refractivity contribution is 14.1. The first-order valence-electron chi connectivity index (χ1n) is 9.57. The second kappa shape index (κ2) is 7.74. The molecule has 1 saturated heterocycles. The van der Waals surface area contributed by atoms with Crippen molar-refractivity contribution in [2.75, 3.05) is 10.2 Å². The van der Waals surface area contributed by atoms with E-state index in [9.17, 15) is 14.4 Å². The molecule has 1 heterocycles. The van der Waals surface area contributed by atoms with Crippen LogP contribution in [-0.4, -0.2) is 17.7 Å². The van der Waals surface area contributed by atoms with Crippen LogP contribution in [-0.2, 0) is 9.59 Å². The van der Waals surface area contributed by atoms with Gasteiger partial charge in [-0.15, -0.1) is 0 Å². The number of aryl methyl sites for hydroxylation is 1. The van der Waals surface area contributed by atoms with E-state index in [0.717, 1.165) is 14.7 Å². The number of nitrogens with zero attached hydrogens (tertiary/aromatic N) is 1. The van der Waals surface area contributed by atoms with E-state index in [1.807, 2.05) is 38.1 Å². The second-order valence-corrected chi connectivity index (χ2v) is 8.89. The molecule has 0 saturated carbocycles. The predicted molar refractivity (Wildman–Crippen MR) is 121 cm³/mol. The quantitative estimate of drug-likeness (QED) is 0.378. The van der Waals surface area contributed by atoms with Crippen molar-refractivity contribution in [1.82, 2.24) is 0 Å². The van der Waals surface area contributed by atoms with Crippen molar-refractivity contribution in [1.29, 1.82) is 0 Å². The van der Waals surface area contributed by atoms with Gasteiger partial charge in [-0.1, -0.05) is 23.8 Å². The van der Waals surface area contributed by atoms with Crippen LogP contribution in [0.2, 0.25) is 0 Å². The van der Waals surface area contributed by atoms with E-state index in [0.29, 0.717) is 29.8 Å². The predicted octanol–water partition coefficient (Wildman–Crippen LogP) is 4.70. The first kappa shape index (κ1) is 19.8. The fraction of sp³-hybridized carbons (Fsp3) is 0.261. The number of hydrogen-bond acceptors (Lipinski definition) is 3. The first-order chi connectivity index (χ1) is 13.9. The molecule has 1 aliphatic carbocycles. The third-order valence-electron chi connectivity index (χ3n) is 5.65. The summed E-state index contributed by atoms with van der Waals surface area (Å²) in [5.41, 5.74) is 3.46. The number of fused-ring (bicyclic) bond motifs is 1. The summed E-state index contributed by atoms with van der Waals surface area (Å²) in [5.74, 6) is -1.43. The van der Waals surface area contributed by atoms with Crippen molar-refractivity contribution in [2.24, 2.45) is 11.8 Å². The maximum atomic E-state index is 13.1. The van der Waals surface area contributed by atoms with Gasteiger partial charge in [0.2, 0.25) is 11.8 Å². The smallest absolute Gasteiger partial charge is 0.257 e. The van der Waals surface area contributed by atoms with E-state index in [1.165, 1.54) is 4.90 Å². The van der Waals surface area contributed by atoms with E-state index in [4.69, 9.17) is 0 Å². The van der Waals surface area contributed by atoms with Gasteiger partial charge in [0, 0.05) is 9.26 Å². The summed E-state index contributed by atoms with van der Waals surface area (Å²) >= 11 is 2.22. The van der Waals surface area contributed by atoms with E-state index in [-0.39, 0.29) is 29.6 Å². The Morgan fingerprint density at radius 1 is 1.07 bits per heavy atom. The van der Waals surface area contributed by atoms with Crippen LogP contribution >= 0.6 is 22.6 Å². The van der Waals surface area contributed by atoms with E-state index in [2.05, 4.69) is 27.9 Å². The van der Waals surface area contributed by atoms with Crippen molar-refractivity contribution in [2.45, 2.75) is 26.7 Å². The second-order valence-electron chi connectivity index (χ2n) is 7.65. The highest BCUT2D eigenvalue weighted by Gasteiger charge is 2.49. The minimum Gasteiger partial charge on any atom is -0.322 e. The lowest BCUT2D eigenvalue weighted by atomic mass is 9.82. The summed E-state index contributed by atoms with van der Waals surface area (Å²) in [6, 6.07) is 12.6.